The average molecular weight is 237 g/mol. The second-order valence-corrected chi connectivity index (χ2v) is 4.44. The number of hydrogen-bond acceptors (Lipinski definition) is 3. The molecule has 0 bridgehead atoms. The number of aromatic nitrogens is 1. The number of rotatable bonds is 3. The fourth-order valence-electron chi connectivity index (χ4n) is 2.16. The Kier molecular flexibility index (Phi) is 3.05. The molecule has 0 saturated carbocycles. The molecule has 0 saturated heterocycles. The lowest BCUT2D eigenvalue weighted by molar-refractivity contribution is 0.654. The van der Waals surface area contributed by atoms with Crippen LogP contribution in [-0.2, 0) is 6.42 Å². The molecule has 1 aromatic carbocycles. The summed E-state index contributed by atoms with van der Waals surface area (Å²) in [6, 6.07) is 16.8. The van der Waals surface area contributed by atoms with Crippen LogP contribution in [0.25, 0.3) is 0 Å². The molecule has 1 aliphatic heterocycles. The molecule has 18 heavy (non-hydrogen) atoms. The molecule has 1 aromatic heterocycles. The largest absolute Gasteiger partial charge is 0.364 e. The maximum absolute atomic E-state index is 4.53. The third-order valence-corrected chi connectivity index (χ3v) is 3.04. The fraction of sp³-hybridized carbons (Fsp3) is 0.200. The highest BCUT2D eigenvalue weighted by Crippen LogP contribution is 2.09. The number of amidine groups is 1. The summed E-state index contributed by atoms with van der Waals surface area (Å²) in [6.45, 7) is 0.820. The predicted molar refractivity (Wildman–Crippen MR) is 72.7 cm³/mol. The third-order valence-electron chi connectivity index (χ3n) is 3.04. The molecule has 1 aliphatic rings. The number of pyridine rings is 1. The minimum absolute atomic E-state index is 0.379. The molecule has 3 nitrogen and oxygen atoms in total. The van der Waals surface area contributed by atoms with E-state index in [1.54, 1.807) is 6.20 Å². The van der Waals surface area contributed by atoms with Gasteiger partial charge in [-0.2, -0.15) is 0 Å². The van der Waals surface area contributed by atoms with E-state index in [1.807, 2.05) is 24.3 Å². The first-order valence-electron chi connectivity index (χ1n) is 6.18. The van der Waals surface area contributed by atoms with Crippen molar-refractivity contribution in [2.75, 3.05) is 6.54 Å². The van der Waals surface area contributed by atoms with Crippen molar-refractivity contribution in [3.8, 4) is 0 Å². The number of hydrogen-bond donors (Lipinski definition) is 1. The Balaban J connectivity index is 1.65. The van der Waals surface area contributed by atoms with Crippen molar-refractivity contribution in [1.29, 1.82) is 0 Å². The van der Waals surface area contributed by atoms with Gasteiger partial charge in [-0.25, -0.2) is 0 Å². The molecule has 0 fully saturated rings. The topological polar surface area (TPSA) is 37.3 Å². The van der Waals surface area contributed by atoms with Crippen LogP contribution in [0.1, 0.15) is 11.3 Å². The smallest absolute Gasteiger partial charge is 0.147 e. The molecule has 2 heterocycles. The molecule has 2 aromatic rings. The van der Waals surface area contributed by atoms with Gasteiger partial charge in [0.1, 0.15) is 11.5 Å². The molecule has 3 heteroatoms. The van der Waals surface area contributed by atoms with Crippen molar-refractivity contribution in [1.82, 2.24) is 10.3 Å². The summed E-state index contributed by atoms with van der Waals surface area (Å²) in [5.41, 5.74) is 2.26. The lowest BCUT2D eigenvalue weighted by atomic mass is 10.1. The maximum atomic E-state index is 4.53. The van der Waals surface area contributed by atoms with Gasteiger partial charge in [0.05, 0.1) is 12.6 Å². The van der Waals surface area contributed by atoms with Crippen LogP contribution in [0.4, 0.5) is 0 Å². The van der Waals surface area contributed by atoms with Crippen LogP contribution in [0.2, 0.25) is 0 Å². The van der Waals surface area contributed by atoms with Crippen molar-refractivity contribution >= 4 is 5.84 Å². The van der Waals surface area contributed by atoms with E-state index >= 15 is 0 Å². The fourth-order valence-corrected chi connectivity index (χ4v) is 2.16. The molecule has 0 spiro atoms. The molecule has 1 unspecified atom stereocenters. The highest BCUT2D eigenvalue weighted by atomic mass is 15.1. The first kappa shape index (κ1) is 11.0. The van der Waals surface area contributed by atoms with Crippen molar-refractivity contribution in [3.05, 3.63) is 66.0 Å². The van der Waals surface area contributed by atoms with E-state index in [9.17, 15) is 0 Å². The zero-order valence-corrected chi connectivity index (χ0v) is 10.1. The van der Waals surface area contributed by atoms with Crippen molar-refractivity contribution in [2.24, 2.45) is 4.99 Å². The zero-order chi connectivity index (χ0) is 12.2. The van der Waals surface area contributed by atoms with Crippen LogP contribution in [-0.4, -0.2) is 23.4 Å². The van der Waals surface area contributed by atoms with Gasteiger partial charge < -0.3 is 5.32 Å². The van der Waals surface area contributed by atoms with Crippen LogP contribution in [0.3, 0.4) is 0 Å². The molecular weight excluding hydrogens is 222 g/mol. The van der Waals surface area contributed by atoms with Crippen LogP contribution in [0, 0.1) is 0 Å². The Morgan fingerprint density at radius 3 is 2.67 bits per heavy atom. The Morgan fingerprint density at radius 2 is 1.89 bits per heavy atom. The first-order chi connectivity index (χ1) is 8.92. The quantitative estimate of drug-likeness (QED) is 0.887. The SMILES string of the molecule is c1ccc(CC2CN=C(c3ccccn3)N2)cc1. The van der Waals surface area contributed by atoms with E-state index in [-0.39, 0.29) is 0 Å². The van der Waals surface area contributed by atoms with Gasteiger partial charge in [0.15, 0.2) is 0 Å². The molecule has 0 radical (unpaired) electrons. The second kappa shape index (κ2) is 5.00. The second-order valence-electron chi connectivity index (χ2n) is 4.44. The van der Waals surface area contributed by atoms with Crippen LogP contribution in [0.5, 0.6) is 0 Å². The van der Waals surface area contributed by atoms with E-state index in [0.29, 0.717) is 6.04 Å². The van der Waals surface area contributed by atoms with Crippen LogP contribution < -0.4 is 5.32 Å². The van der Waals surface area contributed by atoms with E-state index in [4.69, 9.17) is 0 Å². The summed E-state index contributed by atoms with van der Waals surface area (Å²) in [5, 5.41) is 3.44. The number of nitrogens with one attached hydrogen (secondary N) is 1. The van der Waals surface area contributed by atoms with E-state index in [1.165, 1.54) is 5.56 Å². The molecular formula is C15H15N3. The summed E-state index contributed by atoms with van der Waals surface area (Å²) in [6.07, 6.45) is 2.80. The minimum atomic E-state index is 0.379. The van der Waals surface area contributed by atoms with Gasteiger partial charge in [-0.3, -0.25) is 9.98 Å². The summed E-state index contributed by atoms with van der Waals surface area (Å²) in [7, 11) is 0. The first-order valence-corrected chi connectivity index (χ1v) is 6.18. The van der Waals surface area contributed by atoms with E-state index in [0.717, 1.165) is 24.5 Å². The van der Waals surface area contributed by atoms with Gasteiger partial charge in [-0.1, -0.05) is 36.4 Å². The van der Waals surface area contributed by atoms with Crippen molar-refractivity contribution in [2.45, 2.75) is 12.5 Å². The summed E-state index contributed by atoms with van der Waals surface area (Å²) in [4.78, 5) is 8.84. The van der Waals surface area contributed by atoms with Crippen molar-refractivity contribution < 1.29 is 0 Å². The number of nitrogens with zero attached hydrogens (tertiary/aromatic N) is 2. The molecule has 1 atom stereocenters. The molecule has 1 N–H and O–H groups in total. The van der Waals surface area contributed by atoms with Crippen LogP contribution in [0.15, 0.2) is 59.7 Å². The number of aliphatic imine (C=N–C) groups is 1. The lowest BCUT2D eigenvalue weighted by Crippen LogP contribution is -2.32. The summed E-state index contributed by atoms with van der Waals surface area (Å²) in [5.74, 6) is 0.913. The molecule has 0 amide bonds. The van der Waals surface area contributed by atoms with Gasteiger partial charge in [0.25, 0.3) is 0 Å². The standard InChI is InChI=1S/C15H15N3/c1-2-6-12(7-3-1)10-13-11-17-15(18-13)14-8-4-5-9-16-14/h1-9,13H,10-11H2,(H,17,18). The van der Waals surface area contributed by atoms with E-state index < -0.39 is 0 Å². The Hall–Kier alpha value is -2.16. The molecule has 0 aliphatic carbocycles. The van der Waals surface area contributed by atoms with E-state index in [2.05, 4.69) is 39.6 Å². The van der Waals surface area contributed by atoms with Crippen molar-refractivity contribution in [3.63, 3.8) is 0 Å². The number of benzene rings is 1. The summed E-state index contributed by atoms with van der Waals surface area (Å²) >= 11 is 0. The normalized spacial score (nSPS) is 18.2. The average Bonchev–Trinajstić information content (AvgIpc) is 2.89. The van der Waals surface area contributed by atoms with Gasteiger partial charge >= 0.3 is 0 Å². The molecule has 3 rings (SSSR count). The van der Waals surface area contributed by atoms with Gasteiger partial charge in [-0.05, 0) is 24.1 Å². The lowest BCUT2D eigenvalue weighted by Gasteiger charge is -2.11. The summed E-state index contributed by atoms with van der Waals surface area (Å²) < 4.78 is 0. The Bertz CT molecular complexity index is 534. The maximum Gasteiger partial charge on any atom is 0.147 e. The third kappa shape index (κ3) is 2.40. The van der Waals surface area contributed by atoms with Gasteiger partial charge in [0.2, 0.25) is 0 Å². The monoisotopic (exact) mass is 237 g/mol. The Labute approximate surface area is 107 Å². The minimum Gasteiger partial charge on any atom is -0.364 e. The molecule has 90 valence electrons. The Morgan fingerprint density at radius 1 is 1.06 bits per heavy atom. The van der Waals surface area contributed by atoms with Gasteiger partial charge in [-0.15, -0.1) is 0 Å². The highest BCUT2D eigenvalue weighted by Gasteiger charge is 2.19. The van der Waals surface area contributed by atoms with Gasteiger partial charge in [0, 0.05) is 6.20 Å². The predicted octanol–water partition coefficient (Wildman–Crippen LogP) is 2.04. The zero-order valence-electron chi connectivity index (χ0n) is 10.1. The highest BCUT2D eigenvalue weighted by molar-refractivity contribution is 5.98. The van der Waals surface area contributed by atoms with Crippen LogP contribution >= 0.6 is 0 Å².